The first-order chi connectivity index (χ1) is 9.81. The summed E-state index contributed by atoms with van der Waals surface area (Å²) in [7, 11) is 7.41. The van der Waals surface area contributed by atoms with E-state index in [1.54, 1.807) is 37.5 Å². The van der Waals surface area contributed by atoms with Crippen molar-refractivity contribution in [2.75, 3.05) is 34.8 Å². The van der Waals surface area contributed by atoms with Gasteiger partial charge in [-0.1, -0.05) is 11.6 Å². The van der Waals surface area contributed by atoms with Crippen LogP contribution in [-0.2, 0) is 4.79 Å². The van der Waals surface area contributed by atoms with Gasteiger partial charge in [-0.2, -0.15) is 5.10 Å². The molecule has 1 amide bonds. The number of amides is 1. The maximum Gasteiger partial charge on any atom is 0.295 e. The molecule has 1 aromatic rings. The Morgan fingerprint density at radius 1 is 1.43 bits per heavy atom. The molecule has 1 aromatic carbocycles. The van der Waals surface area contributed by atoms with Crippen LogP contribution in [0, 0.1) is 0 Å². The van der Waals surface area contributed by atoms with E-state index in [0.29, 0.717) is 16.1 Å². The molecule has 0 spiro atoms. The summed E-state index contributed by atoms with van der Waals surface area (Å²) in [4.78, 5) is 11.5. The molecule has 21 heavy (non-hydrogen) atoms. The van der Waals surface area contributed by atoms with Gasteiger partial charge in [-0.15, -0.1) is 0 Å². The molecule has 0 radical (unpaired) electrons. The Bertz CT molecular complexity index is 548. The summed E-state index contributed by atoms with van der Waals surface area (Å²) in [6, 6.07) is 5.35. The fourth-order valence-electron chi connectivity index (χ4n) is 1.60. The number of nitrogens with zero attached hydrogens (tertiary/aromatic N) is 2. The predicted molar refractivity (Wildman–Crippen MR) is 86.6 cm³/mol. The maximum absolute atomic E-state index is 11.5. The normalized spacial score (nSPS) is 12.0. The van der Waals surface area contributed by atoms with E-state index in [2.05, 4.69) is 10.5 Å². The number of allylic oxidation sites excluding steroid dienone is 1. The first-order valence-corrected chi connectivity index (χ1v) is 6.82. The van der Waals surface area contributed by atoms with Crippen LogP contribution < -0.4 is 10.2 Å². The van der Waals surface area contributed by atoms with Crippen LogP contribution in [0.3, 0.4) is 0 Å². The second-order valence-electron chi connectivity index (χ2n) is 5.51. The molecule has 0 unspecified atom stereocenters. The minimum atomic E-state index is -0.132. The number of nitrogens with one attached hydrogen (secondary N) is 1. The van der Waals surface area contributed by atoms with Crippen LogP contribution in [0.4, 0.5) is 0 Å². The number of methoxy groups -OCH3 is 1. The van der Waals surface area contributed by atoms with Gasteiger partial charge in [-0.05, 0) is 30.4 Å². The molecule has 0 atom stereocenters. The van der Waals surface area contributed by atoms with E-state index in [0.717, 1.165) is 11.3 Å². The maximum atomic E-state index is 11.5. The first-order valence-electron chi connectivity index (χ1n) is 6.44. The summed E-state index contributed by atoms with van der Waals surface area (Å²) in [5, 5.41) is 4.48. The van der Waals surface area contributed by atoms with Gasteiger partial charge in [0.1, 0.15) is 5.75 Å². The molecule has 0 aliphatic heterocycles. The molecule has 0 aliphatic rings. The number of ether oxygens (including phenoxy) is 1. The average molecular weight is 311 g/mol. The summed E-state index contributed by atoms with van der Waals surface area (Å²) in [6.45, 7) is 0.364. The molecule has 0 aromatic heterocycles. The number of likely N-dealkylation sites (N-methyl/N-ethyl adjacent to an activating group) is 1. The molecular weight excluding hydrogens is 290 g/mol. The summed E-state index contributed by atoms with van der Waals surface area (Å²) in [5.74, 6) is 0.589. The van der Waals surface area contributed by atoms with Crippen molar-refractivity contribution in [2.45, 2.75) is 0 Å². The highest BCUT2D eigenvalue weighted by Gasteiger charge is 2.12. The summed E-state index contributed by atoms with van der Waals surface area (Å²) < 4.78 is 5.78. The summed E-state index contributed by atoms with van der Waals surface area (Å²) in [5.41, 5.74) is 3.31. The van der Waals surface area contributed by atoms with Gasteiger partial charge < -0.3 is 9.22 Å². The van der Waals surface area contributed by atoms with E-state index in [1.165, 1.54) is 6.21 Å². The third-order valence-corrected chi connectivity index (χ3v) is 2.67. The molecule has 5 nitrogen and oxygen atoms in total. The van der Waals surface area contributed by atoms with Crippen molar-refractivity contribution in [1.29, 1.82) is 0 Å². The number of hydrazone groups is 1. The molecule has 0 saturated heterocycles. The van der Waals surface area contributed by atoms with Gasteiger partial charge in [-0.25, -0.2) is 5.43 Å². The average Bonchev–Trinajstić information content (AvgIpc) is 2.36. The van der Waals surface area contributed by atoms with Gasteiger partial charge in [0.25, 0.3) is 5.91 Å². The second-order valence-corrected chi connectivity index (χ2v) is 5.94. The minimum absolute atomic E-state index is 0.132. The topological polar surface area (TPSA) is 50.7 Å². The zero-order valence-electron chi connectivity index (χ0n) is 12.8. The monoisotopic (exact) mass is 310 g/mol. The van der Waals surface area contributed by atoms with Crippen molar-refractivity contribution < 1.29 is 14.0 Å². The van der Waals surface area contributed by atoms with E-state index in [-0.39, 0.29) is 5.91 Å². The third kappa shape index (κ3) is 6.92. The van der Waals surface area contributed by atoms with Crippen molar-refractivity contribution in [3.05, 3.63) is 34.9 Å². The number of halogens is 1. The van der Waals surface area contributed by atoms with Gasteiger partial charge in [0.05, 0.1) is 28.3 Å². The highest BCUT2D eigenvalue weighted by atomic mass is 35.5. The molecule has 0 fully saturated rings. The fourth-order valence-corrected chi connectivity index (χ4v) is 1.78. The van der Waals surface area contributed by atoms with Crippen LogP contribution in [0.15, 0.2) is 29.4 Å². The molecular formula is C15H21ClN3O2+. The Labute approximate surface area is 130 Å². The summed E-state index contributed by atoms with van der Waals surface area (Å²) in [6.07, 6.45) is 5.02. The van der Waals surface area contributed by atoms with Crippen molar-refractivity contribution in [2.24, 2.45) is 5.10 Å². The Morgan fingerprint density at radius 2 is 2.14 bits per heavy atom. The lowest BCUT2D eigenvalue weighted by molar-refractivity contribution is -0.862. The van der Waals surface area contributed by atoms with Crippen molar-refractivity contribution in [3.8, 4) is 5.75 Å². The number of hydrogen-bond acceptors (Lipinski definition) is 3. The van der Waals surface area contributed by atoms with Crippen molar-refractivity contribution in [1.82, 2.24) is 5.43 Å². The van der Waals surface area contributed by atoms with Gasteiger partial charge in [0, 0.05) is 16.8 Å². The number of carbonyl (C=O) groups is 1. The van der Waals surface area contributed by atoms with Crippen LogP contribution >= 0.6 is 11.6 Å². The van der Waals surface area contributed by atoms with Crippen LogP contribution in [0.5, 0.6) is 5.75 Å². The van der Waals surface area contributed by atoms with E-state index in [1.807, 2.05) is 21.1 Å². The fraction of sp³-hybridized carbons (Fsp3) is 0.333. The number of rotatable bonds is 6. The zero-order valence-corrected chi connectivity index (χ0v) is 13.5. The number of carbonyl (C=O) groups excluding carboxylic acids is 1. The van der Waals surface area contributed by atoms with Crippen LogP contribution in [-0.4, -0.2) is 51.4 Å². The molecule has 1 N–H and O–H groups in total. The van der Waals surface area contributed by atoms with Crippen LogP contribution in [0.25, 0.3) is 6.08 Å². The third-order valence-electron chi connectivity index (χ3n) is 2.44. The Kier molecular flexibility index (Phi) is 6.39. The van der Waals surface area contributed by atoms with E-state index >= 15 is 0 Å². The lowest BCUT2D eigenvalue weighted by Crippen LogP contribution is -2.43. The molecule has 6 heteroatoms. The highest BCUT2D eigenvalue weighted by Crippen LogP contribution is 2.23. The number of quaternary nitrogens is 1. The number of hydrogen-bond donors (Lipinski definition) is 1. The van der Waals surface area contributed by atoms with E-state index < -0.39 is 0 Å². The Balaban J connectivity index is 2.57. The zero-order chi connectivity index (χ0) is 15.9. The quantitative estimate of drug-likeness (QED) is 0.497. The van der Waals surface area contributed by atoms with Crippen LogP contribution in [0.1, 0.15) is 5.56 Å². The number of benzene rings is 1. The molecule has 114 valence electrons. The summed E-state index contributed by atoms with van der Waals surface area (Å²) >= 11 is 5.94. The van der Waals surface area contributed by atoms with Gasteiger partial charge in [-0.3, -0.25) is 4.79 Å². The predicted octanol–water partition coefficient (Wildman–Crippen LogP) is 2.17. The molecule has 0 aliphatic carbocycles. The van der Waals surface area contributed by atoms with Gasteiger partial charge in [0.15, 0.2) is 6.54 Å². The van der Waals surface area contributed by atoms with Crippen molar-refractivity contribution in [3.63, 3.8) is 0 Å². The van der Waals surface area contributed by atoms with Crippen LogP contribution in [0.2, 0.25) is 5.02 Å². The SMILES string of the molecule is COc1ccc(Cl)cc1/C=C/C=N\NC(=O)C[N+](C)(C)C. The smallest absolute Gasteiger partial charge is 0.295 e. The van der Waals surface area contributed by atoms with Gasteiger partial charge >= 0.3 is 0 Å². The molecule has 0 bridgehead atoms. The van der Waals surface area contributed by atoms with E-state index in [9.17, 15) is 4.79 Å². The van der Waals surface area contributed by atoms with Gasteiger partial charge in [0.2, 0.25) is 0 Å². The Hall–Kier alpha value is -1.85. The largest absolute Gasteiger partial charge is 0.496 e. The van der Waals surface area contributed by atoms with Crippen molar-refractivity contribution >= 4 is 29.8 Å². The lowest BCUT2D eigenvalue weighted by Gasteiger charge is -2.21. The molecule has 0 heterocycles. The standard InChI is InChI=1S/C15H20ClN3O2/c1-19(2,3)11-15(20)18-17-9-5-6-12-10-13(16)7-8-14(12)21-4/h5-10H,11H2,1-4H3/p+1/b6-5+,17-9-. The highest BCUT2D eigenvalue weighted by molar-refractivity contribution is 6.30. The second kappa shape index (κ2) is 7.81. The first kappa shape index (κ1) is 17.2. The van der Waals surface area contributed by atoms with E-state index in [4.69, 9.17) is 16.3 Å². The lowest BCUT2D eigenvalue weighted by atomic mass is 10.2. The Morgan fingerprint density at radius 3 is 2.76 bits per heavy atom. The minimum Gasteiger partial charge on any atom is -0.496 e. The molecule has 1 rings (SSSR count). The molecule has 0 saturated carbocycles.